The van der Waals surface area contributed by atoms with Gasteiger partial charge in [0.15, 0.2) is 0 Å². The van der Waals surface area contributed by atoms with E-state index < -0.39 is 0 Å². The first-order chi connectivity index (χ1) is 8.54. The lowest BCUT2D eigenvalue weighted by molar-refractivity contribution is 0.0948. The average Bonchev–Trinajstić information content (AvgIpc) is 2.35. The highest BCUT2D eigenvalue weighted by Crippen LogP contribution is 2.10. The number of hydrogen-bond acceptors (Lipinski definition) is 2. The summed E-state index contributed by atoms with van der Waals surface area (Å²) < 4.78 is 0. The summed E-state index contributed by atoms with van der Waals surface area (Å²) in [5.41, 5.74) is 7.79. The molecule has 0 saturated carbocycles. The quantitative estimate of drug-likeness (QED) is 0.795. The van der Waals surface area contributed by atoms with Crippen LogP contribution in [0, 0.1) is 24.7 Å². The van der Waals surface area contributed by atoms with E-state index in [0.717, 1.165) is 11.1 Å². The zero-order valence-corrected chi connectivity index (χ0v) is 11.2. The van der Waals surface area contributed by atoms with Crippen molar-refractivity contribution in [2.75, 3.05) is 13.1 Å². The van der Waals surface area contributed by atoms with Crippen molar-refractivity contribution in [2.45, 2.75) is 20.8 Å². The van der Waals surface area contributed by atoms with Crippen LogP contribution in [0.1, 0.15) is 35.3 Å². The molecule has 1 amide bonds. The number of nitrogens with one attached hydrogen (secondary N) is 1. The maximum Gasteiger partial charge on any atom is 0.251 e. The molecule has 18 heavy (non-hydrogen) atoms. The standard InChI is InChI=1S/C15H20N2O/c1-11(2)10-17-15(18)14-9-13(5-4-8-16)7-6-12(14)3/h6-7,9,11H,8,10,16H2,1-3H3,(H,17,18). The lowest BCUT2D eigenvalue weighted by atomic mass is 10.0. The Hall–Kier alpha value is -1.79. The van der Waals surface area contributed by atoms with Crippen LogP contribution in [-0.2, 0) is 0 Å². The summed E-state index contributed by atoms with van der Waals surface area (Å²) in [6.07, 6.45) is 0. The van der Waals surface area contributed by atoms with Crippen molar-refractivity contribution in [1.82, 2.24) is 5.32 Å². The smallest absolute Gasteiger partial charge is 0.251 e. The minimum Gasteiger partial charge on any atom is -0.352 e. The van der Waals surface area contributed by atoms with Crippen LogP contribution in [0.4, 0.5) is 0 Å². The molecule has 0 unspecified atom stereocenters. The van der Waals surface area contributed by atoms with Crippen LogP contribution in [0.25, 0.3) is 0 Å². The second-order valence-electron chi connectivity index (χ2n) is 4.64. The van der Waals surface area contributed by atoms with Gasteiger partial charge in [0.1, 0.15) is 0 Å². The van der Waals surface area contributed by atoms with Crippen molar-refractivity contribution in [2.24, 2.45) is 11.7 Å². The average molecular weight is 244 g/mol. The van der Waals surface area contributed by atoms with Crippen LogP contribution in [0.2, 0.25) is 0 Å². The Kier molecular flexibility index (Phi) is 5.41. The summed E-state index contributed by atoms with van der Waals surface area (Å²) >= 11 is 0. The van der Waals surface area contributed by atoms with Crippen LogP contribution >= 0.6 is 0 Å². The first kappa shape index (κ1) is 14.3. The van der Waals surface area contributed by atoms with Crippen molar-refractivity contribution in [3.05, 3.63) is 34.9 Å². The normalized spacial score (nSPS) is 9.83. The lowest BCUT2D eigenvalue weighted by Gasteiger charge is -2.09. The van der Waals surface area contributed by atoms with E-state index in [4.69, 9.17) is 5.73 Å². The summed E-state index contributed by atoms with van der Waals surface area (Å²) in [6, 6.07) is 5.62. The first-order valence-corrected chi connectivity index (χ1v) is 6.12. The van der Waals surface area contributed by atoms with Crippen LogP contribution < -0.4 is 11.1 Å². The summed E-state index contributed by atoms with van der Waals surface area (Å²) in [4.78, 5) is 12.0. The molecule has 1 rings (SSSR count). The fraction of sp³-hybridized carbons (Fsp3) is 0.400. The van der Waals surface area contributed by atoms with Gasteiger partial charge in [-0.25, -0.2) is 0 Å². The molecule has 0 spiro atoms. The number of amides is 1. The molecule has 0 aliphatic heterocycles. The summed E-state index contributed by atoms with van der Waals surface area (Å²) in [7, 11) is 0. The predicted octanol–water partition coefficient (Wildman–Crippen LogP) is 1.69. The molecule has 0 saturated heterocycles. The molecule has 0 aromatic heterocycles. The van der Waals surface area contributed by atoms with Crippen LogP contribution in [0.5, 0.6) is 0 Å². The van der Waals surface area contributed by atoms with Gasteiger partial charge in [0.25, 0.3) is 5.91 Å². The molecule has 0 radical (unpaired) electrons. The molecule has 3 nitrogen and oxygen atoms in total. The molecule has 0 aliphatic rings. The molecule has 1 aromatic rings. The summed E-state index contributed by atoms with van der Waals surface area (Å²) in [5, 5.41) is 2.91. The first-order valence-electron chi connectivity index (χ1n) is 6.12. The van der Waals surface area contributed by atoms with E-state index in [0.29, 0.717) is 24.6 Å². The number of rotatable bonds is 3. The van der Waals surface area contributed by atoms with Crippen molar-refractivity contribution < 1.29 is 4.79 Å². The third-order valence-electron chi connectivity index (χ3n) is 2.49. The highest BCUT2D eigenvalue weighted by atomic mass is 16.1. The highest BCUT2D eigenvalue weighted by Gasteiger charge is 2.09. The molecule has 3 heteroatoms. The number of carbonyl (C=O) groups is 1. The minimum atomic E-state index is -0.0439. The van der Waals surface area contributed by atoms with Crippen molar-refractivity contribution in [1.29, 1.82) is 0 Å². The second-order valence-corrected chi connectivity index (χ2v) is 4.64. The number of carbonyl (C=O) groups excluding carboxylic acids is 1. The molecular formula is C15H20N2O. The Morgan fingerprint density at radius 1 is 1.44 bits per heavy atom. The van der Waals surface area contributed by atoms with Gasteiger partial charge in [0.2, 0.25) is 0 Å². The Balaban J connectivity index is 2.89. The number of nitrogens with two attached hydrogens (primary N) is 1. The van der Waals surface area contributed by atoms with E-state index in [1.807, 2.05) is 25.1 Å². The van der Waals surface area contributed by atoms with E-state index in [-0.39, 0.29) is 5.91 Å². The highest BCUT2D eigenvalue weighted by molar-refractivity contribution is 5.96. The predicted molar refractivity (Wildman–Crippen MR) is 74.3 cm³/mol. The summed E-state index contributed by atoms with van der Waals surface area (Å²) in [5.74, 6) is 6.12. The van der Waals surface area contributed by atoms with Gasteiger partial charge in [-0.15, -0.1) is 0 Å². The zero-order valence-electron chi connectivity index (χ0n) is 11.2. The largest absolute Gasteiger partial charge is 0.352 e. The Bertz CT molecular complexity index is 481. The third-order valence-corrected chi connectivity index (χ3v) is 2.49. The van der Waals surface area contributed by atoms with Crippen molar-refractivity contribution in [3.8, 4) is 11.8 Å². The van der Waals surface area contributed by atoms with Gasteiger partial charge in [-0.3, -0.25) is 4.79 Å². The topological polar surface area (TPSA) is 55.1 Å². The minimum absolute atomic E-state index is 0.0439. The van der Waals surface area contributed by atoms with E-state index >= 15 is 0 Å². The van der Waals surface area contributed by atoms with Crippen molar-refractivity contribution in [3.63, 3.8) is 0 Å². The van der Waals surface area contributed by atoms with Crippen LogP contribution in [0.15, 0.2) is 18.2 Å². The number of aryl methyl sites for hydroxylation is 1. The van der Waals surface area contributed by atoms with Gasteiger partial charge in [0, 0.05) is 17.7 Å². The molecule has 0 heterocycles. The maximum absolute atomic E-state index is 12.0. The molecular weight excluding hydrogens is 224 g/mol. The van der Waals surface area contributed by atoms with Crippen molar-refractivity contribution >= 4 is 5.91 Å². The van der Waals surface area contributed by atoms with Gasteiger partial charge in [-0.1, -0.05) is 31.8 Å². The molecule has 1 aromatic carbocycles. The van der Waals surface area contributed by atoms with E-state index in [2.05, 4.69) is 31.0 Å². The zero-order chi connectivity index (χ0) is 13.5. The van der Waals surface area contributed by atoms with E-state index in [9.17, 15) is 4.79 Å². The van der Waals surface area contributed by atoms with Crippen LogP contribution in [0.3, 0.4) is 0 Å². The van der Waals surface area contributed by atoms with Crippen LogP contribution in [-0.4, -0.2) is 19.0 Å². The molecule has 3 N–H and O–H groups in total. The fourth-order valence-corrected chi connectivity index (χ4v) is 1.49. The summed E-state index contributed by atoms with van der Waals surface area (Å²) in [6.45, 7) is 7.05. The SMILES string of the molecule is Cc1ccc(C#CCN)cc1C(=O)NCC(C)C. The molecule has 0 fully saturated rings. The second kappa shape index (κ2) is 6.83. The Morgan fingerprint density at radius 3 is 2.78 bits per heavy atom. The van der Waals surface area contributed by atoms with E-state index in [1.165, 1.54) is 0 Å². The molecule has 0 aliphatic carbocycles. The Labute approximate surface area is 109 Å². The molecule has 0 atom stereocenters. The lowest BCUT2D eigenvalue weighted by Crippen LogP contribution is -2.27. The van der Waals surface area contributed by atoms with Gasteiger partial charge >= 0.3 is 0 Å². The van der Waals surface area contributed by atoms with Gasteiger partial charge in [-0.05, 0) is 30.5 Å². The van der Waals surface area contributed by atoms with Gasteiger partial charge < -0.3 is 11.1 Å². The monoisotopic (exact) mass is 244 g/mol. The number of hydrogen-bond donors (Lipinski definition) is 2. The third kappa shape index (κ3) is 4.23. The maximum atomic E-state index is 12.0. The molecule has 96 valence electrons. The van der Waals surface area contributed by atoms with Gasteiger partial charge in [-0.2, -0.15) is 0 Å². The fourth-order valence-electron chi connectivity index (χ4n) is 1.49. The van der Waals surface area contributed by atoms with E-state index in [1.54, 1.807) is 0 Å². The Morgan fingerprint density at radius 2 is 2.17 bits per heavy atom. The number of benzene rings is 1. The van der Waals surface area contributed by atoms with Gasteiger partial charge in [0.05, 0.1) is 6.54 Å². The molecule has 0 bridgehead atoms.